The van der Waals surface area contributed by atoms with Gasteiger partial charge in [-0.1, -0.05) is 0 Å². The highest BCUT2D eigenvalue weighted by Gasteiger charge is 2.13. The van der Waals surface area contributed by atoms with Gasteiger partial charge < -0.3 is 14.8 Å². The van der Waals surface area contributed by atoms with Crippen molar-refractivity contribution < 1.29 is 19.1 Å². The van der Waals surface area contributed by atoms with E-state index in [1.165, 1.54) is 6.20 Å². The minimum Gasteiger partial charge on any atom is -0.481 e. The number of aliphatic carboxylic acids is 1. The van der Waals surface area contributed by atoms with Crippen molar-refractivity contribution in [3.63, 3.8) is 0 Å². The average molecular weight is 274 g/mol. The first-order valence-electron chi connectivity index (χ1n) is 6.01. The molecule has 2 aromatic rings. The summed E-state index contributed by atoms with van der Waals surface area (Å²) in [6, 6.07) is 4.85. The van der Waals surface area contributed by atoms with E-state index in [9.17, 15) is 9.59 Å². The molecule has 104 valence electrons. The molecule has 2 aromatic heterocycles. The van der Waals surface area contributed by atoms with Gasteiger partial charge in [0.15, 0.2) is 0 Å². The molecule has 0 aliphatic carbocycles. The van der Waals surface area contributed by atoms with Crippen molar-refractivity contribution in [3.8, 4) is 0 Å². The summed E-state index contributed by atoms with van der Waals surface area (Å²) in [7, 11) is 0. The molecule has 2 N–H and O–H groups in total. The van der Waals surface area contributed by atoms with Gasteiger partial charge in [0, 0.05) is 0 Å². The highest BCUT2D eigenvalue weighted by atomic mass is 16.4. The number of carbonyl (C=O) groups is 2. The summed E-state index contributed by atoms with van der Waals surface area (Å²) in [6.45, 7) is 3.49. The van der Waals surface area contributed by atoms with Crippen molar-refractivity contribution in [3.05, 3.63) is 47.2 Å². The monoisotopic (exact) mass is 274 g/mol. The van der Waals surface area contributed by atoms with Gasteiger partial charge in [-0.25, -0.2) is 0 Å². The Labute approximate surface area is 115 Å². The number of nitrogens with zero attached hydrogens (tertiary/aromatic N) is 1. The molecule has 0 aliphatic rings. The molecule has 0 aliphatic heterocycles. The predicted octanol–water partition coefficient (Wildman–Crippen LogP) is 2.17. The Morgan fingerprint density at radius 3 is 2.60 bits per heavy atom. The van der Waals surface area contributed by atoms with E-state index < -0.39 is 5.97 Å². The lowest BCUT2D eigenvalue weighted by molar-refractivity contribution is -0.136. The fraction of sp³-hybridized carbons (Fsp3) is 0.214. The minimum atomic E-state index is -0.946. The first-order valence-corrected chi connectivity index (χ1v) is 6.01. The normalized spacial score (nSPS) is 10.3. The van der Waals surface area contributed by atoms with Crippen molar-refractivity contribution in [2.45, 2.75) is 20.3 Å². The summed E-state index contributed by atoms with van der Waals surface area (Å²) in [5.74, 6) is -0.0102. The van der Waals surface area contributed by atoms with Crippen molar-refractivity contribution >= 4 is 17.6 Å². The van der Waals surface area contributed by atoms with Gasteiger partial charge in [0.05, 0.1) is 29.6 Å². The van der Waals surface area contributed by atoms with Crippen LogP contribution in [0.2, 0.25) is 0 Å². The lowest BCUT2D eigenvalue weighted by Crippen LogP contribution is -2.12. The van der Waals surface area contributed by atoms with Crippen LogP contribution in [0.5, 0.6) is 0 Å². The van der Waals surface area contributed by atoms with Crippen LogP contribution in [0.3, 0.4) is 0 Å². The maximum absolute atomic E-state index is 12.0. The Hall–Kier alpha value is -2.63. The molecular weight excluding hydrogens is 260 g/mol. The summed E-state index contributed by atoms with van der Waals surface area (Å²) < 4.78 is 5.29. The van der Waals surface area contributed by atoms with Crippen LogP contribution in [0.25, 0.3) is 0 Å². The topological polar surface area (TPSA) is 92.4 Å². The number of anilines is 1. The number of nitrogens with one attached hydrogen (secondary N) is 1. The molecule has 0 bridgehead atoms. The number of hydrogen-bond donors (Lipinski definition) is 2. The van der Waals surface area contributed by atoms with Gasteiger partial charge in [-0.05, 0) is 32.0 Å². The highest BCUT2D eigenvalue weighted by Crippen LogP contribution is 2.16. The van der Waals surface area contributed by atoms with Crippen LogP contribution in [0.15, 0.2) is 28.8 Å². The molecular formula is C14H14N2O4. The maximum Gasteiger partial charge on any atom is 0.309 e. The predicted molar refractivity (Wildman–Crippen MR) is 71.7 cm³/mol. The van der Waals surface area contributed by atoms with Crippen molar-refractivity contribution in [2.24, 2.45) is 0 Å². The molecule has 1 amide bonds. The van der Waals surface area contributed by atoms with Gasteiger partial charge in [-0.3, -0.25) is 14.6 Å². The SMILES string of the molecule is Cc1cc(C(=O)Nc2ccc(CC(=O)O)nc2)c(C)o1. The molecule has 20 heavy (non-hydrogen) atoms. The number of carboxylic acids is 1. The van der Waals surface area contributed by atoms with E-state index in [1.54, 1.807) is 32.0 Å². The van der Waals surface area contributed by atoms with E-state index in [1.807, 2.05) is 0 Å². The Balaban J connectivity index is 2.08. The summed E-state index contributed by atoms with van der Waals surface area (Å²) in [5, 5.41) is 11.3. The summed E-state index contributed by atoms with van der Waals surface area (Å²) in [6.07, 6.45) is 1.28. The van der Waals surface area contributed by atoms with E-state index in [0.717, 1.165) is 0 Å². The van der Waals surface area contributed by atoms with Gasteiger partial charge >= 0.3 is 5.97 Å². The number of furan rings is 1. The number of amides is 1. The quantitative estimate of drug-likeness (QED) is 0.891. The Morgan fingerprint density at radius 1 is 1.35 bits per heavy atom. The molecule has 6 nitrogen and oxygen atoms in total. The van der Waals surface area contributed by atoms with Gasteiger partial charge in [-0.15, -0.1) is 0 Å². The smallest absolute Gasteiger partial charge is 0.309 e. The molecule has 2 rings (SSSR count). The molecule has 0 aromatic carbocycles. The highest BCUT2D eigenvalue weighted by molar-refractivity contribution is 6.04. The molecule has 0 saturated carbocycles. The van der Waals surface area contributed by atoms with E-state index >= 15 is 0 Å². The Morgan fingerprint density at radius 2 is 2.10 bits per heavy atom. The number of carbonyl (C=O) groups excluding carboxylic acids is 1. The van der Waals surface area contributed by atoms with Crippen LogP contribution in [-0.4, -0.2) is 22.0 Å². The van der Waals surface area contributed by atoms with Crippen LogP contribution >= 0.6 is 0 Å². The number of carboxylic acid groups (broad SMARTS) is 1. The zero-order valence-corrected chi connectivity index (χ0v) is 11.1. The van der Waals surface area contributed by atoms with Crippen LogP contribution in [-0.2, 0) is 11.2 Å². The van der Waals surface area contributed by atoms with Crippen LogP contribution in [0.4, 0.5) is 5.69 Å². The third-order valence-electron chi connectivity index (χ3n) is 2.70. The van der Waals surface area contributed by atoms with Crippen molar-refractivity contribution in [1.29, 1.82) is 0 Å². The zero-order chi connectivity index (χ0) is 14.7. The maximum atomic E-state index is 12.0. The van der Waals surface area contributed by atoms with E-state index in [4.69, 9.17) is 9.52 Å². The number of aryl methyl sites for hydroxylation is 2. The summed E-state index contributed by atoms with van der Waals surface area (Å²) >= 11 is 0. The Bertz CT molecular complexity index is 644. The van der Waals surface area contributed by atoms with Gasteiger partial charge in [-0.2, -0.15) is 0 Å². The zero-order valence-electron chi connectivity index (χ0n) is 11.1. The average Bonchev–Trinajstić information content (AvgIpc) is 2.70. The fourth-order valence-corrected chi connectivity index (χ4v) is 1.81. The van der Waals surface area contributed by atoms with E-state index in [-0.39, 0.29) is 12.3 Å². The third kappa shape index (κ3) is 3.23. The molecule has 0 spiro atoms. The van der Waals surface area contributed by atoms with Crippen LogP contribution in [0.1, 0.15) is 27.6 Å². The second-order valence-electron chi connectivity index (χ2n) is 4.39. The molecule has 0 saturated heterocycles. The number of aromatic nitrogens is 1. The van der Waals surface area contributed by atoms with Gasteiger partial charge in [0.25, 0.3) is 5.91 Å². The van der Waals surface area contributed by atoms with Crippen molar-refractivity contribution in [2.75, 3.05) is 5.32 Å². The van der Waals surface area contributed by atoms with Crippen LogP contribution < -0.4 is 5.32 Å². The molecule has 0 radical (unpaired) electrons. The second-order valence-corrected chi connectivity index (χ2v) is 4.39. The van der Waals surface area contributed by atoms with Crippen molar-refractivity contribution in [1.82, 2.24) is 4.98 Å². The fourth-order valence-electron chi connectivity index (χ4n) is 1.81. The third-order valence-corrected chi connectivity index (χ3v) is 2.70. The standard InChI is InChI=1S/C14H14N2O4/c1-8-5-12(9(2)20-8)14(19)16-11-4-3-10(15-7-11)6-13(17)18/h3-5,7H,6H2,1-2H3,(H,16,19)(H,17,18). The number of pyridine rings is 1. The largest absolute Gasteiger partial charge is 0.481 e. The molecule has 0 unspecified atom stereocenters. The number of rotatable bonds is 4. The second kappa shape index (κ2) is 5.56. The minimum absolute atomic E-state index is 0.145. The van der Waals surface area contributed by atoms with Gasteiger partial charge in [0.2, 0.25) is 0 Å². The Kier molecular flexibility index (Phi) is 3.84. The number of hydrogen-bond acceptors (Lipinski definition) is 4. The van der Waals surface area contributed by atoms with E-state index in [0.29, 0.717) is 28.5 Å². The molecule has 0 fully saturated rings. The van der Waals surface area contributed by atoms with Crippen LogP contribution in [0, 0.1) is 13.8 Å². The van der Waals surface area contributed by atoms with E-state index in [2.05, 4.69) is 10.3 Å². The summed E-state index contributed by atoms with van der Waals surface area (Å²) in [4.78, 5) is 26.5. The molecule has 2 heterocycles. The first kappa shape index (κ1) is 13.8. The lowest BCUT2D eigenvalue weighted by Gasteiger charge is -2.04. The molecule has 6 heteroatoms. The molecule has 0 atom stereocenters. The first-order chi connectivity index (χ1) is 9.45. The lowest BCUT2D eigenvalue weighted by atomic mass is 10.2. The van der Waals surface area contributed by atoms with Gasteiger partial charge in [0.1, 0.15) is 11.5 Å². The summed E-state index contributed by atoms with van der Waals surface area (Å²) in [5.41, 5.74) is 1.41.